The van der Waals surface area contributed by atoms with Crippen molar-refractivity contribution in [3.05, 3.63) is 24.3 Å². The molecule has 0 unspecified atom stereocenters. The van der Waals surface area contributed by atoms with Crippen LogP contribution in [0.25, 0.3) is 0 Å². The lowest BCUT2D eigenvalue weighted by molar-refractivity contribution is -0.113. The van der Waals surface area contributed by atoms with Crippen molar-refractivity contribution < 1.29 is 4.79 Å². The second-order valence-corrected chi connectivity index (χ2v) is 1.91. The van der Waals surface area contributed by atoms with Crippen LogP contribution in [0.15, 0.2) is 24.3 Å². The smallest absolute Gasteiger partial charge is 0.173 e. The standard InChI is InChI=1S/C7H9ClO/c1-3-4-6(2)7(9)5-8/h3-4H,1,5H2,2H3/b6-4+. The van der Waals surface area contributed by atoms with Gasteiger partial charge in [0.1, 0.15) is 0 Å². The Labute approximate surface area is 60.0 Å². The SMILES string of the molecule is C=C/C=C(\C)C(=O)CCl. The molecule has 0 saturated carbocycles. The van der Waals surface area contributed by atoms with E-state index < -0.39 is 0 Å². The van der Waals surface area contributed by atoms with Gasteiger partial charge in [0.05, 0.1) is 5.88 Å². The van der Waals surface area contributed by atoms with E-state index in [0.717, 1.165) is 0 Å². The van der Waals surface area contributed by atoms with Crippen LogP contribution in [0.1, 0.15) is 6.92 Å². The molecule has 0 aliphatic heterocycles. The van der Waals surface area contributed by atoms with Gasteiger partial charge in [0.25, 0.3) is 0 Å². The lowest BCUT2D eigenvalue weighted by Gasteiger charge is -1.90. The highest BCUT2D eigenvalue weighted by atomic mass is 35.5. The minimum Gasteiger partial charge on any atom is -0.293 e. The molecule has 0 spiro atoms. The summed E-state index contributed by atoms with van der Waals surface area (Å²) in [4.78, 5) is 10.7. The summed E-state index contributed by atoms with van der Waals surface area (Å²) in [6.07, 6.45) is 3.21. The van der Waals surface area contributed by atoms with Crippen LogP contribution in [0.4, 0.5) is 0 Å². The van der Waals surface area contributed by atoms with Gasteiger partial charge in [-0.05, 0) is 12.5 Å². The number of Topliss-reactive ketones (excluding diaryl/α,β-unsaturated/α-hetero) is 1. The first-order valence-corrected chi connectivity index (χ1v) is 3.14. The summed E-state index contributed by atoms with van der Waals surface area (Å²) >= 11 is 5.26. The molecule has 9 heavy (non-hydrogen) atoms. The van der Waals surface area contributed by atoms with Crippen molar-refractivity contribution in [2.45, 2.75) is 6.92 Å². The Balaban J connectivity index is 4.01. The predicted molar refractivity (Wildman–Crippen MR) is 39.7 cm³/mol. The Hall–Kier alpha value is -0.560. The van der Waals surface area contributed by atoms with E-state index in [1.807, 2.05) is 0 Å². The molecule has 0 aliphatic carbocycles. The van der Waals surface area contributed by atoms with Gasteiger partial charge in [-0.1, -0.05) is 18.7 Å². The third-order valence-corrected chi connectivity index (χ3v) is 1.17. The molecule has 0 aromatic rings. The summed E-state index contributed by atoms with van der Waals surface area (Å²) in [6, 6.07) is 0. The van der Waals surface area contributed by atoms with E-state index in [2.05, 4.69) is 6.58 Å². The molecule has 2 heteroatoms. The Morgan fingerprint density at radius 1 is 1.78 bits per heavy atom. The minimum absolute atomic E-state index is 0.0448. The first kappa shape index (κ1) is 8.44. The molecular formula is C7H9ClO. The number of ketones is 1. The molecule has 0 aliphatic rings. The maximum Gasteiger partial charge on any atom is 0.173 e. The Morgan fingerprint density at radius 2 is 2.33 bits per heavy atom. The molecule has 0 heterocycles. The quantitative estimate of drug-likeness (QED) is 0.336. The maximum absolute atomic E-state index is 10.7. The maximum atomic E-state index is 10.7. The third-order valence-electron chi connectivity index (χ3n) is 0.929. The first-order valence-electron chi connectivity index (χ1n) is 2.61. The van der Waals surface area contributed by atoms with Gasteiger partial charge in [0.15, 0.2) is 5.78 Å². The highest BCUT2D eigenvalue weighted by Gasteiger charge is 1.98. The number of hydrogen-bond donors (Lipinski definition) is 0. The zero-order valence-corrected chi connectivity index (χ0v) is 6.11. The molecule has 0 bridgehead atoms. The predicted octanol–water partition coefficient (Wildman–Crippen LogP) is 1.93. The third kappa shape index (κ3) is 3.09. The second kappa shape index (κ2) is 4.33. The van der Waals surface area contributed by atoms with Crippen LogP contribution in [0.3, 0.4) is 0 Å². The summed E-state index contributed by atoms with van der Waals surface area (Å²) in [7, 11) is 0. The van der Waals surface area contributed by atoms with Gasteiger partial charge in [-0.2, -0.15) is 0 Å². The lowest BCUT2D eigenvalue weighted by atomic mass is 10.2. The molecule has 0 amide bonds. The highest BCUT2D eigenvalue weighted by Crippen LogP contribution is 1.95. The fraction of sp³-hybridized carbons (Fsp3) is 0.286. The van der Waals surface area contributed by atoms with E-state index in [4.69, 9.17) is 11.6 Å². The summed E-state index contributed by atoms with van der Waals surface area (Å²) < 4.78 is 0. The molecule has 0 fully saturated rings. The van der Waals surface area contributed by atoms with E-state index in [1.165, 1.54) is 0 Å². The minimum atomic E-state index is -0.0448. The summed E-state index contributed by atoms with van der Waals surface area (Å²) in [5.41, 5.74) is 0.653. The van der Waals surface area contributed by atoms with Gasteiger partial charge >= 0.3 is 0 Å². The van der Waals surface area contributed by atoms with Crippen LogP contribution < -0.4 is 0 Å². The van der Waals surface area contributed by atoms with Crippen LogP contribution in [0.5, 0.6) is 0 Å². The van der Waals surface area contributed by atoms with Crippen LogP contribution in [0, 0.1) is 0 Å². The molecule has 0 N–H and O–H groups in total. The fourth-order valence-electron chi connectivity index (χ4n) is 0.375. The van der Waals surface area contributed by atoms with Gasteiger partial charge in [-0.3, -0.25) is 4.79 Å². The van der Waals surface area contributed by atoms with Crippen LogP contribution in [0.2, 0.25) is 0 Å². The number of carbonyl (C=O) groups excluding carboxylic acids is 1. The summed E-state index contributed by atoms with van der Waals surface area (Å²) in [5.74, 6) is 0.00691. The van der Waals surface area contributed by atoms with Crippen molar-refractivity contribution >= 4 is 17.4 Å². The van der Waals surface area contributed by atoms with Crippen molar-refractivity contribution in [1.29, 1.82) is 0 Å². The van der Waals surface area contributed by atoms with Crippen molar-refractivity contribution in [1.82, 2.24) is 0 Å². The summed E-state index contributed by atoms with van der Waals surface area (Å²) in [5, 5.41) is 0. The number of halogens is 1. The van der Waals surface area contributed by atoms with Crippen molar-refractivity contribution in [3.8, 4) is 0 Å². The number of rotatable bonds is 3. The van der Waals surface area contributed by atoms with Gasteiger partial charge in [0, 0.05) is 0 Å². The van der Waals surface area contributed by atoms with Gasteiger partial charge < -0.3 is 0 Å². The van der Waals surface area contributed by atoms with Crippen molar-refractivity contribution in [3.63, 3.8) is 0 Å². The molecule has 1 nitrogen and oxygen atoms in total. The Morgan fingerprint density at radius 3 is 2.67 bits per heavy atom. The average Bonchev–Trinajstić information content (AvgIpc) is 1.87. The molecule has 0 atom stereocenters. The zero-order valence-electron chi connectivity index (χ0n) is 5.36. The number of hydrogen-bond acceptors (Lipinski definition) is 1. The van der Waals surface area contributed by atoms with E-state index in [1.54, 1.807) is 19.1 Å². The van der Waals surface area contributed by atoms with E-state index in [-0.39, 0.29) is 11.7 Å². The molecule has 0 radical (unpaired) electrons. The van der Waals surface area contributed by atoms with Crippen LogP contribution in [-0.4, -0.2) is 11.7 Å². The highest BCUT2D eigenvalue weighted by molar-refractivity contribution is 6.30. The Bertz CT molecular complexity index is 147. The Kier molecular flexibility index (Phi) is 4.06. The largest absolute Gasteiger partial charge is 0.293 e. The first-order chi connectivity index (χ1) is 4.22. The van der Waals surface area contributed by atoms with E-state index in [9.17, 15) is 4.79 Å². The lowest BCUT2D eigenvalue weighted by Crippen LogP contribution is -1.99. The van der Waals surface area contributed by atoms with E-state index in [0.29, 0.717) is 5.57 Å². The van der Waals surface area contributed by atoms with Crippen LogP contribution >= 0.6 is 11.6 Å². The normalized spacial score (nSPS) is 11.1. The molecule has 0 rings (SSSR count). The molecule has 50 valence electrons. The molecule has 0 aromatic carbocycles. The van der Waals surface area contributed by atoms with Gasteiger partial charge in [0.2, 0.25) is 0 Å². The zero-order chi connectivity index (χ0) is 7.28. The van der Waals surface area contributed by atoms with Crippen LogP contribution in [-0.2, 0) is 4.79 Å². The summed E-state index contributed by atoms with van der Waals surface area (Å²) in [6.45, 7) is 5.16. The number of carbonyl (C=O) groups is 1. The molecule has 0 saturated heterocycles. The fourth-order valence-corrected chi connectivity index (χ4v) is 0.586. The van der Waals surface area contributed by atoms with E-state index >= 15 is 0 Å². The number of alkyl halides is 1. The van der Waals surface area contributed by atoms with Crippen molar-refractivity contribution in [2.75, 3.05) is 5.88 Å². The second-order valence-electron chi connectivity index (χ2n) is 1.64. The number of allylic oxidation sites excluding steroid dienone is 3. The van der Waals surface area contributed by atoms with Crippen molar-refractivity contribution in [2.24, 2.45) is 0 Å². The van der Waals surface area contributed by atoms with Gasteiger partial charge in [-0.25, -0.2) is 0 Å². The monoisotopic (exact) mass is 144 g/mol. The average molecular weight is 145 g/mol. The molecular weight excluding hydrogens is 136 g/mol. The van der Waals surface area contributed by atoms with Gasteiger partial charge in [-0.15, -0.1) is 11.6 Å². The molecule has 0 aromatic heterocycles. The topological polar surface area (TPSA) is 17.1 Å².